The Morgan fingerprint density at radius 1 is 0.966 bits per heavy atom. The first-order valence-electron chi connectivity index (χ1n) is 10.1. The van der Waals surface area contributed by atoms with Crippen molar-refractivity contribution >= 4 is 15.5 Å². The maximum atomic E-state index is 11.6. The predicted molar refractivity (Wildman–Crippen MR) is 114 cm³/mol. The van der Waals surface area contributed by atoms with Crippen LogP contribution in [-0.4, -0.2) is 68.8 Å². The number of hydrogen-bond donors (Lipinski definition) is 1. The molecule has 1 N–H and O–H groups in total. The van der Waals surface area contributed by atoms with E-state index in [2.05, 4.69) is 34.1 Å². The zero-order valence-electron chi connectivity index (χ0n) is 16.5. The molecule has 1 fully saturated rings. The van der Waals surface area contributed by atoms with E-state index < -0.39 is 15.9 Å². The zero-order valence-corrected chi connectivity index (χ0v) is 17.4. The molecule has 0 radical (unpaired) electrons. The fraction of sp³-hybridized carbons (Fsp3) is 0.455. The molecule has 0 aliphatic carbocycles. The van der Waals surface area contributed by atoms with Gasteiger partial charge in [-0.1, -0.05) is 24.3 Å². The van der Waals surface area contributed by atoms with Crippen molar-refractivity contribution in [3.63, 3.8) is 0 Å². The molecule has 29 heavy (non-hydrogen) atoms. The number of anilines is 1. The lowest BCUT2D eigenvalue weighted by Crippen LogP contribution is -2.40. The first-order chi connectivity index (χ1) is 14.0. The number of sulfone groups is 1. The Hall–Kier alpha value is -2.09. The molecule has 1 unspecified atom stereocenters. The van der Waals surface area contributed by atoms with Crippen LogP contribution in [-0.2, 0) is 22.8 Å². The van der Waals surface area contributed by atoms with Gasteiger partial charge in [0.15, 0.2) is 9.84 Å². The molecule has 0 amide bonds. The summed E-state index contributed by atoms with van der Waals surface area (Å²) in [5.41, 5.74) is 3.74. The number of hydrogen-bond acceptors (Lipinski definition) is 6. The molecular weight excluding hydrogens is 388 g/mol. The topological polar surface area (TPSA) is 70.1 Å². The lowest BCUT2D eigenvalue weighted by atomic mass is 10.00. The van der Waals surface area contributed by atoms with Crippen LogP contribution in [0.1, 0.15) is 11.1 Å². The molecule has 2 aliphatic heterocycles. The highest BCUT2D eigenvalue weighted by atomic mass is 32.2. The van der Waals surface area contributed by atoms with E-state index >= 15 is 0 Å². The second-order valence-electron chi connectivity index (χ2n) is 7.85. The lowest BCUT2D eigenvalue weighted by molar-refractivity contribution is 0.0638. The van der Waals surface area contributed by atoms with Crippen LogP contribution in [0.4, 0.5) is 5.69 Å². The Balaban J connectivity index is 1.24. The van der Waals surface area contributed by atoms with Gasteiger partial charge in [-0.05, 0) is 41.8 Å². The summed E-state index contributed by atoms with van der Waals surface area (Å²) >= 11 is 0. The number of fused-ring (bicyclic) bond motifs is 1. The molecule has 2 heterocycles. The van der Waals surface area contributed by atoms with E-state index in [4.69, 9.17) is 4.74 Å². The number of rotatable bonds is 6. The van der Waals surface area contributed by atoms with Gasteiger partial charge in [0.1, 0.15) is 18.5 Å². The fourth-order valence-electron chi connectivity index (χ4n) is 3.98. The first kappa shape index (κ1) is 20.2. The number of benzene rings is 2. The average molecular weight is 417 g/mol. The van der Waals surface area contributed by atoms with Gasteiger partial charge >= 0.3 is 0 Å². The average Bonchev–Trinajstić information content (AvgIpc) is 2.73. The van der Waals surface area contributed by atoms with Crippen LogP contribution < -0.4 is 9.64 Å². The van der Waals surface area contributed by atoms with Gasteiger partial charge < -0.3 is 14.7 Å². The van der Waals surface area contributed by atoms with Crippen LogP contribution in [0.15, 0.2) is 48.5 Å². The van der Waals surface area contributed by atoms with E-state index in [1.807, 2.05) is 24.3 Å². The van der Waals surface area contributed by atoms with Gasteiger partial charge in [0.25, 0.3) is 0 Å². The van der Waals surface area contributed by atoms with Crippen molar-refractivity contribution in [3.05, 3.63) is 59.7 Å². The van der Waals surface area contributed by atoms with Gasteiger partial charge in [-0.2, -0.15) is 0 Å². The molecule has 6 nitrogen and oxygen atoms in total. The quantitative estimate of drug-likeness (QED) is 0.773. The minimum Gasteiger partial charge on any atom is -0.491 e. The first-order valence-corrected chi connectivity index (χ1v) is 12.0. The predicted octanol–water partition coefficient (Wildman–Crippen LogP) is 1.72. The van der Waals surface area contributed by atoms with Gasteiger partial charge in [0.2, 0.25) is 0 Å². The molecule has 0 saturated carbocycles. The highest BCUT2D eigenvalue weighted by Gasteiger charge is 2.22. The molecule has 1 saturated heterocycles. The summed E-state index contributed by atoms with van der Waals surface area (Å²) < 4.78 is 28.9. The summed E-state index contributed by atoms with van der Waals surface area (Å²) in [5, 5.41) is 10.4. The molecule has 2 aromatic carbocycles. The fourth-order valence-corrected chi connectivity index (χ4v) is 5.18. The third-order valence-corrected chi connectivity index (χ3v) is 7.28. The van der Waals surface area contributed by atoms with E-state index in [9.17, 15) is 13.5 Å². The Kier molecular flexibility index (Phi) is 6.08. The van der Waals surface area contributed by atoms with Crippen LogP contribution >= 0.6 is 0 Å². The second kappa shape index (κ2) is 8.73. The molecule has 0 aromatic heterocycles. The van der Waals surface area contributed by atoms with E-state index in [0.717, 1.165) is 25.2 Å². The standard InChI is InChI=1S/C22H28N2O4S/c25-21(16-23-10-9-18-3-1-2-4-19(18)15-23)17-28-22-7-5-20(6-8-22)24-11-13-29(26,27)14-12-24/h1-8,21,25H,9-17H2. The SMILES string of the molecule is O=S1(=O)CCN(c2ccc(OCC(O)CN3CCc4ccccc4C3)cc2)CC1. The van der Waals surface area contributed by atoms with Crippen molar-refractivity contribution in [2.24, 2.45) is 0 Å². The van der Waals surface area contributed by atoms with Crippen molar-refractivity contribution in [1.29, 1.82) is 0 Å². The van der Waals surface area contributed by atoms with E-state index in [-0.39, 0.29) is 18.1 Å². The highest BCUT2D eigenvalue weighted by Crippen LogP contribution is 2.22. The van der Waals surface area contributed by atoms with Crippen molar-refractivity contribution in [1.82, 2.24) is 4.90 Å². The summed E-state index contributed by atoms with van der Waals surface area (Å²) in [4.78, 5) is 4.34. The van der Waals surface area contributed by atoms with E-state index in [1.54, 1.807) is 0 Å². The second-order valence-corrected chi connectivity index (χ2v) is 10.2. The molecule has 0 spiro atoms. The molecule has 156 valence electrons. The number of ether oxygens (including phenoxy) is 1. The van der Waals surface area contributed by atoms with Gasteiger partial charge in [-0.15, -0.1) is 0 Å². The number of aliphatic hydroxyl groups excluding tert-OH is 1. The molecule has 2 aromatic rings. The Morgan fingerprint density at radius 2 is 1.66 bits per heavy atom. The van der Waals surface area contributed by atoms with Crippen molar-refractivity contribution < 1.29 is 18.3 Å². The van der Waals surface area contributed by atoms with Gasteiger partial charge in [0, 0.05) is 38.4 Å². The van der Waals surface area contributed by atoms with Crippen LogP contribution in [0.5, 0.6) is 5.75 Å². The van der Waals surface area contributed by atoms with E-state index in [1.165, 1.54) is 11.1 Å². The molecular formula is C22H28N2O4S. The lowest BCUT2D eigenvalue weighted by Gasteiger charge is -2.30. The Morgan fingerprint density at radius 3 is 2.38 bits per heavy atom. The van der Waals surface area contributed by atoms with E-state index in [0.29, 0.717) is 25.4 Å². The zero-order chi connectivity index (χ0) is 20.3. The number of nitrogens with zero attached hydrogens (tertiary/aromatic N) is 2. The van der Waals surface area contributed by atoms with Crippen LogP contribution in [0, 0.1) is 0 Å². The van der Waals surface area contributed by atoms with Crippen molar-refractivity contribution in [2.45, 2.75) is 19.1 Å². The summed E-state index contributed by atoms with van der Waals surface area (Å²) in [5.74, 6) is 1.12. The molecule has 7 heteroatoms. The third-order valence-electron chi connectivity index (χ3n) is 5.67. The largest absolute Gasteiger partial charge is 0.491 e. The normalized spacial score (nSPS) is 20.1. The van der Waals surface area contributed by atoms with Gasteiger partial charge in [0.05, 0.1) is 11.5 Å². The summed E-state index contributed by atoms with van der Waals surface area (Å²) in [6.07, 6.45) is 0.468. The molecule has 0 bridgehead atoms. The maximum Gasteiger partial charge on any atom is 0.153 e. The maximum absolute atomic E-state index is 11.6. The van der Waals surface area contributed by atoms with Gasteiger partial charge in [-0.3, -0.25) is 4.90 Å². The molecule has 1 atom stereocenters. The van der Waals surface area contributed by atoms with Crippen molar-refractivity contribution in [3.8, 4) is 5.75 Å². The van der Waals surface area contributed by atoms with Gasteiger partial charge in [-0.25, -0.2) is 8.42 Å². The monoisotopic (exact) mass is 416 g/mol. The number of aliphatic hydroxyl groups is 1. The summed E-state index contributed by atoms with van der Waals surface area (Å²) in [6.45, 7) is 3.72. The Bertz CT molecular complexity index is 916. The van der Waals surface area contributed by atoms with Crippen LogP contribution in [0.2, 0.25) is 0 Å². The minimum atomic E-state index is -2.88. The third kappa shape index (κ3) is 5.29. The minimum absolute atomic E-state index is 0.207. The summed E-state index contributed by atoms with van der Waals surface area (Å²) in [7, 11) is -2.88. The molecule has 4 rings (SSSR count). The van der Waals surface area contributed by atoms with Crippen LogP contribution in [0.25, 0.3) is 0 Å². The molecule has 2 aliphatic rings. The summed E-state index contributed by atoms with van der Waals surface area (Å²) in [6, 6.07) is 16.1. The highest BCUT2D eigenvalue weighted by molar-refractivity contribution is 7.91. The van der Waals surface area contributed by atoms with Crippen molar-refractivity contribution in [2.75, 3.05) is 49.2 Å². The smallest absolute Gasteiger partial charge is 0.153 e. The van der Waals surface area contributed by atoms with Crippen LogP contribution in [0.3, 0.4) is 0 Å². The number of β-amino-alcohol motifs (C(OH)–C–C–N with tert-alkyl or cyclic N) is 1. The Labute approximate surface area is 172 Å².